The van der Waals surface area contributed by atoms with Gasteiger partial charge >= 0.3 is 0 Å². The molecule has 0 atom stereocenters. The van der Waals surface area contributed by atoms with Gasteiger partial charge in [-0.2, -0.15) is 5.10 Å². The monoisotopic (exact) mass is 371 g/mol. The molecule has 0 heterocycles. The van der Waals surface area contributed by atoms with Gasteiger partial charge < -0.3 is 10.1 Å². The lowest BCUT2D eigenvalue weighted by molar-refractivity contribution is -0.120. The average Bonchev–Trinajstić information content (AvgIpc) is 2.65. The van der Waals surface area contributed by atoms with E-state index in [4.69, 9.17) is 16.3 Å². The predicted molar refractivity (Wildman–Crippen MR) is 102 cm³/mol. The Morgan fingerprint density at radius 3 is 2.65 bits per heavy atom. The first kappa shape index (κ1) is 19.2. The number of benzene rings is 2. The van der Waals surface area contributed by atoms with Crippen LogP contribution in [0.25, 0.3) is 0 Å². The summed E-state index contributed by atoms with van der Waals surface area (Å²) < 4.78 is 5.37. The number of carbonyl (C=O) groups excluding carboxylic acids is 2. The van der Waals surface area contributed by atoms with Gasteiger partial charge in [-0.05, 0) is 48.0 Å². The van der Waals surface area contributed by atoms with E-state index in [2.05, 4.69) is 22.4 Å². The van der Waals surface area contributed by atoms with Crippen molar-refractivity contribution in [3.8, 4) is 5.75 Å². The van der Waals surface area contributed by atoms with Crippen LogP contribution in [-0.2, 0) is 4.79 Å². The first-order valence-corrected chi connectivity index (χ1v) is 8.15. The molecule has 6 nitrogen and oxygen atoms in total. The van der Waals surface area contributed by atoms with Crippen LogP contribution in [0, 0.1) is 0 Å². The topological polar surface area (TPSA) is 79.8 Å². The minimum Gasteiger partial charge on any atom is -0.490 e. The maximum Gasteiger partial charge on any atom is 0.259 e. The van der Waals surface area contributed by atoms with E-state index in [0.29, 0.717) is 17.2 Å². The SMILES string of the molecule is C=CCOc1ccc(C=NNC(=O)CNC(=O)c2cccc(Cl)c2)cc1. The van der Waals surface area contributed by atoms with Gasteiger partial charge in [0.25, 0.3) is 11.8 Å². The number of hydrogen-bond donors (Lipinski definition) is 2. The lowest BCUT2D eigenvalue weighted by Crippen LogP contribution is -2.34. The number of nitrogens with one attached hydrogen (secondary N) is 2. The van der Waals surface area contributed by atoms with Crippen LogP contribution in [0.5, 0.6) is 5.75 Å². The summed E-state index contributed by atoms with van der Waals surface area (Å²) in [5, 5.41) is 6.79. The van der Waals surface area contributed by atoms with Gasteiger partial charge in [-0.3, -0.25) is 9.59 Å². The molecule has 26 heavy (non-hydrogen) atoms. The molecule has 0 spiro atoms. The largest absolute Gasteiger partial charge is 0.490 e. The van der Waals surface area contributed by atoms with E-state index in [9.17, 15) is 9.59 Å². The second-order valence-corrected chi connectivity index (χ2v) is 5.59. The number of ether oxygens (including phenoxy) is 1. The second kappa shape index (κ2) is 10.0. The van der Waals surface area contributed by atoms with Crippen LogP contribution in [0.4, 0.5) is 0 Å². The van der Waals surface area contributed by atoms with Gasteiger partial charge in [-0.1, -0.05) is 30.3 Å². The molecule has 0 radical (unpaired) electrons. The van der Waals surface area contributed by atoms with Crippen molar-refractivity contribution < 1.29 is 14.3 Å². The van der Waals surface area contributed by atoms with E-state index in [1.807, 2.05) is 0 Å². The zero-order chi connectivity index (χ0) is 18.8. The van der Waals surface area contributed by atoms with E-state index in [1.54, 1.807) is 48.5 Å². The third kappa shape index (κ3) is 6.41. The molecule has 2 aromatic carbocycles. The van der Waals surface area contributed by atoms with Gasteiger partial charge in [-0.25, -0.2) is 5.43 Å². The molecule has 0 saturated heterocycles. The first-order chi connectivity index (χ1) is 12.6. The molecular formula is C19H18ClN3O3. The number of rotatable bonds is 8. The third-order valence-electron chi connectivity index (χ3n) is 3.15. The van der Waals surface area contributed by atoms with Crippen LogP contribution in [0.3, 0.4) is 0 Å². The number of hydrogen-bond acceptors (Lipinski definition) is 4. The summed E-state index contributed by atoms with van der Waals surface area (Å²) >= 11 is 5.82. The molecule has 2 amide bonds. The molecule has 2 rings (SSSR count). The molecule has 134 valence electrons. The van der Waals surface area contributed by atoms with Crippen LogP contribution in [0.15, 0.2) is 66.3 Å². The third-order valence-corrected chi connectivity index (χ3v) is 3.38. The smallest absolute Gasteiger partial charge is 0.259 e. The van der Waals surface area contributed by atoms with Crippen LogP contribution < -0.4 is 15.5 Å². The van der Waals surface area contributed by atoms with Crippen LogP contribution in [-0.4, -0.2) is 31.2 Å². The van der Waals surface area contributed by atoms with E-state index >= 15 is 0 Å². The summed E-state index contributed by atoms with van der Waals surface area (Å²) in [7, 11) is 0. The Labute approximate surface area is 156 Å². The van der Waals surface area contributed by atoms with Crippen molar-refractivity contribution in [2.24, 2.45) is 5.10 Å². The van der Waals surface area contributed by atoms with Crippen molar-refractivity contribution in [2.45, 2.75) is 0 Å². The zero-order valence-corrected chi connectivity index (χ0v) is 14.7. The minimum absolute atomic E-state index is 0.197. The average molecular weight is 372 g/mol. The van der Waals surface area contributed by atoms with E-state index in [0.717, 1.165) is 11.3 Å². The Bertz CT molecular complexity index is 804. The molecule has 0 aliphatic heterocycles. The Hall–Kier alpha value is -3.12. The van der Waals surface area contributed by atoms with E-state index in [1.165, 1.54) is 12.3 Å². The van der Waals surface area contributed by atoms with Gasteiger partial charge in [-0.15, -0.1) is 0 Å². The molecule has 7 heteroatoms. The molecule has 0 aromatic heterocycles. The van der Waals surface area contributed by atoms with Gasteiger partial charge in [0.2, 0.25) is 0 Å². The molecule has 0 bridgehead atoms. The van der Waals surface area contributed by atoms with Crippen LogP contribution in [0.2, 0.25) is 5.02 Å². The van der Waals surface area contributed by atoms with Crippen molar-refractivity contribution >= 4 is 29.6 Å². The maximum atomic E-state index is 11.9. The Balaban J connectivity index is 1.76. The Morgan fingerprint density at radius 2 is 1.96 bits per heavy atom. The maximum absolute atomic E-state index is 11.9. The summed E-state index contributed by atoms with van der Waals surface area (Å²) in [5.74, 6) is -0.112. The highest BCUT2D eigenvalue weighted by Gasteiger charge is 2.07. The van der Waals surface area contributed by atoms with Gasteiger partial charge in [0, 0.05) is 10.6 Å². The normalized spacial score (nSPS) is 10.3. The van der Waals surface area contributed by atoms with Crippen LogP contribution >= 0.6 is 11.6 Å². The fourth-order valence-corrected chi connectivity index (χ4v) is 2.11. The fraction of sp³-hybridized carbons (Fsp3) is 0.105. The highest BCUT2D eigenvalue weighted by atomic mass is 35.5. The predicted octanol–water partition coefficient (Wildman–Crippen LogP) is 2.78. The number of amides is 2. The summed E-state index contributed by atoms with van der Waals surface area (Å²) in [6.45, 7) is 3.82. The molecule has 0 aliphatic carbocycles. The summed E-state index contributed by atoms with van der Waals surface area (Å²) in [6.07, 6.45) is 3.16. The van der Waals surface area contributed by atoms with E-state index < -0.39 is 5.91 Å². The number of halogens is 1. The van der Waals surface area contributed by atoms with Crippen molar-refractivity contribution in [1.29, 1.82) is 0 Å². The molecule has 0 saturated carbocycles. The molecule has 2 N–H and O–H groups in total. The number of carbonyl (C=O) groups is 2. The van der Waals surface area contributed by atoms with Crippen molar-refractivity contribution in [1.82, 2.24) is 10.7 Å². The Morgan fingerprint density at radius 1 is 1.19 bits per heavy atom. The standard InChI is InChI=1S/C19H18ClN3O3/c1-2-10-26-17-8-6-14(7-9-17)12-22-23-18(24)13-21-19(25)15-4-3-5-16(20)11-15/h2-9,11-12H,1,10,13H2,(H,21,25)(H,23,24). The Kier molecular flexibility index (Phi) is 7.39. The van der Waals surface area contributed by atoms with Crippen molar-refractivity contribution in [3.05, 3.63) is 77.3 Å². The molecule has 0 aliphatic rings. The summed E-state index contributed by atoms with van der Waals surface area (Å²) in [6, 6.07) is 13.6. The highest BCUT2D eigenvalue weighted by Crippen LogP contribution is 2.11. The number of nitrogens with zero attached hydrogens (tertiary/aromatic N) is 1. The van der Waals surface area contributed by atoms with Crippen molar-refractivity contribution in [2.75, 3.05) is 13.2 Å². The highest BCUT2D eigenvalue weighted by molar-refractivity contribution is 6.30. The minimum atomic E-state index is -0.442. The zero-order valence-electron chi connectivity index (χ0n) is 13.9. The number of hydrazone groups is 1. The van der Waals surface area contributed by atoms with Crippen molar-refractivity contribution in [3.63, 3.8) is 0 Å². The molecule has 0 unspecified atom stereocenters. The van der Waals surface area contributed by atoms with Gasteiger partial charge in [0.1, 0.15) is 12.4 Å². The molecular weight excluding hydrogens is 354 g/mol. The van der Waals surface area contributed by atoms with E-state index in [-0.39, 0.29) is 12.5 Å². The lowest BCUT2D eigenvalue weighted by atomic mass is 10.2. The molecule has 0 fully saturated rings. The quantitative estimate of drug-likeness (QED) is 0.425. The van der Waals surface area contributed by atoms with Gasteiger partial charge in [0.05, 0.1) is 12.8 Å². The lowest BCUT2D eigenvalue weighted by Gasteiger charge is -2.05. The molecule has 2 aromatic rings. The first-order valence-electron chi connectivity index (χ1n) is 7.78. The summed E-state index contributed by atoms with van der Waals surface area (Å²) in [5.41, 5.74) is 3.52. The second-order valence-electron chi connectivity index (χ2n) is 5.15. The fourth-order valence-electron chi connectivity index (χ4n) is 1.92. The summed E-state index contributed by atoms with van der Waals surface area (Å²) in [4.78, 5) is 23.6. The van der Waals surface area contributed by atoms with Crippen LogP contribution in [0.1, 0.15) is 15.9 Å². The van der Waals surface area contributed by atoms with Gasteiger partial charge in [0.15, 0.2) is 0 Å².